The van der Waals surface area contributed by atoms with Crippen molar-refractivity contribution >= 4 is 0 Å². The van der Waals surface area contributed by atoms with Gasteiger partial charge in [0.1, 0.15) is 6.04 Å². The quantitative estimate of drug-likeness (QED) is 0.759. The Labute approximate surface area is 161 Å². The van der Waals surface area contributed by atoms with E-state index in [1.54, 1.807) is 0 Å². The van der Waals surface area contributed by atoms with Gasteiger partial charge in [0.2, 0.25) is 5.82 Å². The number of quaternary nitrogens is 1. The van der Waals surface area contributed by atoms with Crippen molar-refractivity contribution in [2.24, 2.45) is 0 Å². The van der Waals surface area contributed by atoms with E-state index in [1.807, 2.05) is 0 Å². The molecule has 1 aromatic heterocycles. The lowest BCUT2D eigenvalue weighted by molar-refractivity contribution is -0.927. The molecule has 1 aliphatic carbocycles. The summed E-state index contributed by atoms with van der Waals surface area (Å²) >= 11 is 0. The zero-order valence-corrected chi connectivity index (χ0v) is 16.2. The number of hydrogen-bond donors (Lipinski definition) is 1. The van der Waals surface area contributed by atoms with Crippen LogP contribution >= 0.6 is 0 Å². The van der Waals surface area contributed by atoms with Gasteiger partial charge in [-0.1, -0.05) is 67.1 Å². The van der Waals surface area contributed by atoms with E-state index in [-0.39, 0.29) is 11.6 Å². The lowest BCUT2D eigenvalue weighted by atomic mass is 9.79. The standard InChI is InChI=1S/C22H27N5/c1-26(2)22(16-10-5-11-17-22)21-23-24-25-27(21)20(18-12-6-3-7-13-18)19-14-8-4-9-15-19/h3-4,6-9,12-15,20H,5,10-11,16-17H2,1-2H3/p+1. The summed E-state index contributed by atoms with van der Waals surface area (Å²) in [5.74, 6) is 1.01. The molecular weight excluding hydrogens is 334 g/mol. The van der Waals surface area contributed by atoms with Crippen LogP contribution < -0.4 is 4.90 Å². The number of hydrogen-bond acceptors (Lipinski definition) is 3. The van der Waals surface area contributed by atoms with Crippen molar-refractivity contribution in [2.45, 2.75) is 43.7 Å². The summed E-state index contributed by atoms with van der Waals surface area (Å²) in [5.41, 5.74) is 2.39. The molecule has 27 heavy (non-hydrogen) atoms. The highest BCUT2D eigenvalue weighted by atomic mass is 15.6. The van der Waals surface area contributed by atoms with Crippen molar-refractivity contribution in [3.63, 3.8) is 0 Å². The van der Waals surface area contributed by atoms with E-state index in [2.05, 4.69) is 95.0 Å². The molecule has 0 radical (unpaired) electrons. The van der Waals surface area contributed by atoms with Crippen molar-refractivity contribution in [2.75, 3.05) is 14.1 Å². The van der Waals surface area contributed by atoms with Crippen molar-refractivity contribution in [1.29, 1.82) is 0 Å². The van der Waals surface area contributed by atoms with E-state index in [0.717, 1.165) is 18.7 Å². The normalized spacial score (nSPS) is 16.7. The molecule has 4 rings (SSSR count). The first kappa shape index (κ1) is 17.9. The van der Waals surface area contributed by atoms with E-state index in [0.29, 0.717) is 0 Å². The zero-order chi connectivity index (χ0) is 18.7. The Morgan fingerprint density at radius 3 is 1.93 bits per heavy atom. The minimum absolute atomic E-state index is 0.0180. The summed E-state index contributed by atoms with van der Waals surface area (Å²) in [6.07, 6.45) is 6.04. The molecule has 0 aliphatic heterocycles. The molecule has 0 bridgehead atoms. The van der Waals surface area contributed by atoms with Crippen LogP contribution in [-0.4, -0.2) is 34.3 Å². The predicted molar refractivity (Wildman–Crippen MR) is 106 cm³/mol. The van der Waals surface area contributed by atoms with Crippen LogP contribution in [0.5, 0.6) is 0 Å². The van der Waals surface area contributed by atoms with Gasteiger partial charge < -0.3 is 4.90 Å². The van der Waals surface area contributed by atoms with Gasteiger partial charge in [-0.15, -0.1) is 5.10 Å². The molecule has 0 atom stereocenters. The third kappa shape index (κ3) is 3.28. The lowest BCUT2D eigenvalue weighted by Gasteiger charge is -2.39. The van der Waals surface area contributed by atoms with E-state index in [1.165, 1.54) is 35.3 Å². The molecule has 1 N–H and O–H groups in total. The molecule has 5 heteroatoms. The molecule has 1 heterocycles. The summed E-state index contributed by atoms with van der Waals surface area (Å²) in [6.45, 7) is 0. The van der Waals surface area contributed by atoms with Gasteiger partial charge in [0.05, 0.1) is 14.1 Å². The molecule has 0 saturated heterocycles. The Morgan fingerprint density at radius 1 is 0.852 bits per heavy atom. The number of nitrogens with zero attached hydrogens (tertiary/aromatic N) is 4. The second-order valence-corrected chi connectivity index (χ2v) is 7.81. The number of tetrazole rings is 1. The fourth-order valence-electron chi connectivity index (χ4n) is 4.53. The molecule has 0 amide bonds. The average molecular weight is 363 g/mol. The maximum atomic E-state index is 4.59. The topological polar surface area (TPSA) is 48.0 Å². The van der Waals surface area contributed by atoms with E-state index < -0.39 is 0 Å². The Balaban J connectivity index is 1.87. The summed E-state index contributed by atoms with van der Waals surface area (Å²) < 4.78 is 2.07. The van der Waals surface area contributed by atoms with Gasteiger partial charge in [0.15, 0.2) is 5.54 Å². The first-order chi connectivity index (χ1) is 13.2. The Hall–Kier alpha value is -2.53. The van der Waals surface area contributed by atoms with E-state index in [4.69, 9.17) is 0 Å². The van der Waals surface area contributed by atoms with Crippen LogP contribution in [0.3, 0.4) is 0 Å². The number of rotatable bonds is 5. The molecule has 5 nitrogen and oxygen atoms in total. The minimum atomic E-state index is -0.0242. The van der Waals surface area contributed by atoms with E-state index in [9.17, 15) is 0 Å². The van der Waals surface area contributed by atoms with Crippen LogP contribution in [-0.2, 0) is 5.54 Å². The molecule has 140 valence electrons. The number of nitrogens with one attached hydrogen (secondary N) is 1. The van der Waals surface area contributed by atoms with Crippen molar-refractivity contribution in [3.05, 3.63) is 77.6 Å². The van der Waals surface area contributed by atoms with E-state index >= 15 is 0 Å². The second kappa shape index (κ2) is 7.61. The van der Waals surface area contributed by atoms with Crippen molar-refractivity contribution < 1.29 is 4.90 Å². The maximum absolute atomic E-state index is 4.59. The summed E-state index contributed by atoms with van der Waals surface area (Å²) in [4.78, 5) is 1.41. The second-order valence-electron chi connectivity index (χ2n) is 7.81. The molecule has 1 fully saturated rings. The summed E-state index contributed by atoms with van der Waals surface area (Å²) in [5, 5.41) is 13.2. The van der Waals surface area contributed by atoms with Gasteiger partial charge in [-0.2, -0.15) is 0 Å². The molecule has 1 saturated carbocycles. The summed E-state index contributed by atoms with van der Waals surface area (Å²) in [6, 6.07) is 21.1. The highest BCUT2D eigenvalue weighted by molar-refractivity contribution is 5.33. The smallest absolute Gasteiger partial charge is 0.213 e. The highest BCUT2D eigenvalue weighted by Crippen LogP contribution is 2.36. The Kier molecular flexibility index (Phi) is 5.03. The monoisotopic (exact) mass is 362 g/mol. The fraction of sp³-hybridized carbons (Fsp3) is 0.409. The average Bonchev–Trinajstić information content (AvgIpc) is 3.20. The molecule has 2 aromatic carbocycles. The first-order valence-electron chi connectivity index (χ1n) is 9.91. The molecule has 0 spiro atoms. The van der Waals surface area contributed by atoms with Crippen LogP contribution in [0, 0.1) is 0 Å². The molecule has 1 aliphatic rings. The third-order valence-electron chi connectivity index (χ3n) is 6.06. The SMILES string of the molecule is C[NH+](C)C1(c2nnnn2C(c2ccccc2)c2ccccc2)CCCCC1. The van der Waals surface area contributed by atoms with Crippen LogP contribution in [0.2, 0.25) is 0 Å². The third-order valence-corrected chi connectivity index (χ3v) is 6.06. The fourth-order valence-corrected chi connectivity index (χ4v) is 4.53. The van der Waals surface area contributed by atoms with Crippen molar-refractivity contribution in [1.82, 2.24) is 20.2 Å². The Bertz CT molecular complexity index is 811. The van der Waals surface area contributed by atoms with Gasteiger partial charge in [-0.25, -0.2) is 4.68 Å². The van der Waals surface area contributed by atoms with Gasteiger partial charge in [-0.05, 0) is 34.4 Å². The number of aromatic nitrogens is 4. The van der Waals surface area contributed by atoms with Crippen LogP contribution in [0.15, 0.2) is 60.7 Å². The van der Waals surface area contributed by atoms with Gasteiger partial charge in [0, 0.05) is 12.8 Å². The summed E-state index contributed by atoms with van der Waals surface area (Å²) in [7, 11) is 4.48. The van der Waals surface area contributed by atoms with Gasteiger partial charge in [-0.3, -0.25) is 0 Å². The van der Waals surface area contributed by atoms with Crippen LogP contribution in [0.1, 0.15) is 55.1 Å². The maximum Gasteiger partial charge on any atom is 0.213 e. The van der Waals surface area contributed by atoms with Gasteiger partial charge >= 0.3 is 0 Å². The molecule has 3 aromatic rings. The zero-order valence-electron chi connectivity index (χ0n) is 16.2. The minimum Gasteiger partial charge on any atom is -0.329 e. The van der Waals surface area contributed by atoms with Crippen LogP contribution in [0.25, 0.3) is 0 Å². The van der Waals surface area contributed by atoms with Crippen LogP contribution in [0.4, 0.5) is 0 Å². The predicted octanol–water partition coefficient (Wildman–Crippen LogP) is 2.61. The Morgan fingerprint density at radius 2 is 1.41 bits per heavy atom. The van der Waals surface area contributed by atoms with Gasteiger partial charge in [0.25, 0.3) is 0 Å². The first-order valence-corrected chi connectivity index (χ1v) is 9.91. The molecule has 0 unspecified atom stereocenters. The molecular formula is C22H28N5+. The van der Waals surface area contributed by atoms with Crippen molar-refractivity contribution in [3.8, 4) is 0 Å². The highest BCUT2D eigenvalue weighted by Gasteiger charge is 2.45. The largest absolute Gasteiger partial charge is 0.329 e. The number of benzene rings is 2. The lowest BCUT2D eigenvalue weighted by Crippen LogP contribution is -3.14.